The van der Waals surface area contributed by atoms with E-state index in [0.717, 1.165) is 5.69 Å². The second-order valence-electron chi connectivity index (χ2n) is 3.68. The van der Waals surface area contributed by atoms with E-state index in [4.69, 9.17) is 10.9 Å². The summed E-state index contributed by atoms with van der Waals surface area (Å²) in [7, 11) is 1.77. The smallest absolute Gasteiger partial charge is 0.257 e. The van der Waals surface area contributed by atoms with Gasteiger partial charge in [-0.05, 0) is 13.8 Å². The summed E-state index contributed by atoms with van der Waals surface area (Å²) in [6.45, 7) is 4.22. The first-order valence-corrected chi connectivity index (χ1v) is 5.25. The zero-order valence-corrected chi connectivity index (χ0v) is 10.2. The summed E-state index contributed by atoms with van der Waals surface area (Å²) in [5.74, 6) is -0.175. The van der Waals surface area contributed by atoms with Crippen LogP contribution in [-0.4, -0.2) is 44.7 Å². The molecular formula is C10H17N5O2. The topological polar surface area (TPSA) is 96.7 Å². The van der Waals surface area contributed by atoms with Crippen LogP contribution >= 0.6 is 0 Å². The number of aryl methyl sites for hydroxylation is 1. The summed E-state index contributed by atoms with van der Waals surface area (Å²) < 4.78 is 1.63. The molecule has 94 valence electrons. The number of amides is 1. The van der Waals surface area contributed by atoms with Crippen molar-refractivity contribution in [1.29, 1.82) is 0 Å². The van der Waals surface area contributed by atoms with Crippen molar-refractivity contribution in [3.05, 3.63) is 17.5 Å². The Kier molecular flexibility index (Phi) is 4.08. The van der Waals surface area contributed by atoms with Crippen LogP contribution in [0.3, 0.4) is 0 Å². The molecule has 0 fully saturated rings. The van der Waals surface area contributed by atoms with Crippen LogP contribution in [0.25, 0.3) is 0 Å². The monoisotopic (exact) mass is 239 g/mol. The van der Waals surface area contributed by atoms with Crippen LogP contribution in [0.2, 0.25) is 0 Å². The van der Waals surface area contributed by atoms with Gasteiger partial charge in [0.15, 0.2) is 5.84 Å². The number of carbonyl (C=O) groups excluding carboxylic acids is 1. The number of nitrogens with zero attached hydrogens (tertiary/aromatic N) is 4. The summed E-state index contributed by atoms with van der Waals surface area (Å²) in [6, 6.07) is 0. The second kappa shape index (κ2) is 5.33. The van der Waals surface area contributed by atoms with Crippen molar-refractivity contribution in [2.45, 2.75) is 13.8 Å². The van der Waals surface area contributed by atoms with Crippen molar-refractivity contribution in [1.82, 2.24) is 14.7 Å². The van der Waals surface area contributed by atoms with Gasteiger partial charge in [-0.2, -0.15) is 5.10 Å². The number of amidine groups is 1. The number of oxime groups is 1. The summed E-state index contributed by atoms with van der Waals surface area (Å²) in [5.41, 5.74) is 6.71. The van der Waals surface area contributed by atoms with Crippen LogP contribution in [0.15, 0.2) is 11.4 Å². The van der Waals surface area contributed by atoms with E-state index < -0.39 is 0 Å². The molecule has 0 atom stereocenters. The van der Waals surface area contributed by atoms with Crippen LogP contribution in [0.5, 0.6) is 0 Å². The highest BCUT2D eigenvalue weighted by Gasteiger charge is 2.19. The standard InChI is InChI=1S/C10H17N5O2/c1-4-15(6-9(11)13-17)10(16)8-5-12-14(3)7(8)2/h5,17H,4,6H2,1-3H3,(H2,11,13). The normalized spacial score (nSPS) is 11.6. The highest BCUT2D eigenvalue weighted by molar-refractivity contribution is 5.97. The predicted molar refractivity (Wildman–Crippen MR) is 62.9 cm³/mol. The van der Waals surface area contributed by atoms with Gasteiger partial charge in [-0.15, -0.1) is 0 Å². The van der Waals surface area contributed by atoms with Crippen LogP contribution in [-0.2, 0) is 7.05 Å². The molecule has 1 aromatic rings. The van der Waals surface area contributed by atoms with Gasteiger partial charge in [-0.1, -0.05) is 5.16 Å². The average Bonchev–Trinajstić information content (AvgIpc) is 2.66. The fraction of sp³-hybridized carbons (Fsp3) is 0.500. The van der Waals surface area contributed by atoms with Gasteiger partial charge >= 0.3 is 0 Å². The third-order valence-corrected chi connectivity index (χ3v) is 2.62. The van der Waals surface area contributed by atoms with Gasteiger partial charge in [0.25, 0.3) is 5.91 Å². The van der Waals surface area contributed by atoms with Crippen molar-refractivity contribution in [2.24, 2.45) is 17.9 Å². The summed E-state index contributed by atoms with van der Waals surface area (Å²) in [5, 5.41) is 15.4. The maximum Gasteiger partial charge on any atom is 0.257 e. The van der Waals surface area contributed by atoms with E-state index in [1.807, 2.05) is 13.8 Å². The van der Waals surface area contributed by atoms with Gasteiger partial charge in [0.2, 0.25) is 0 Å². The van der Waals surface area contributed by atoms with Crippen LogP contribution in [0, 0.1) is 6.92 Å². The van der Waals surface area contributed by atoms with E-state index in [1.165, 1.54) is 11.1 Å². The largest absolute Gasteiger partial charge is 0.409 e. The van der Waals surface area contributed by atoms with E-state index in [0.29, 0.717) is 12.1 Å². The van der Waals surface area contributed by atoms with E-state index in [2.05, 4.69) is 10.3 Å². The first kappa shape index (κ1) is 13.0. The second-order valence-corrected chi connectivity index (χ2v) is 3.68. The van der Waals surface area contributed by atoms with Crippen molar-refractivity contribution in [3.8, 4) is 0 Å². The molecule has 0 unspecified atom stereocenters. The van der Waals surface area contributed by atoms with Gasteiger partial charge in [-0.3, -0.25) is 9.48 Å². The number of hydrogen-bond acceptors (Lipinski definition) is 4. The first-order valence-electron chi connectivity index (χ1n) is 5.25. The number of hydrogen-bond donors (Lipinski definition) is 2. The Balaban J connectivity index is 2.90. The molecule has 0 aliphatic heterocycles. The lowest BCUT2D eigenvalue weighted by Gasteiger charge is -2.19. The van der Waals surface area contributed by atoms with Crippen molar-refractivity contribution < 1.29 is 10.0 Å². The molecule has 3 N–H and O–H groups in total. The highest BCUT2D eigenvalue weighted by atomic mass is 16.4. The number of likely N-dealkylation sites (N-methyl/N-ethyl adjacent to an activating group) is 1. The van der Waals surface area contributed by atoms with Crippen LogP contribution < -0.4 is 5.73 Å². The van der Waals surface area contributed by atoms with Crippen LogP contribution in [0.1, 0.15) is 23.0 Å². The zero-order valence-electron chi connectivity index (χ0n) is 10.2. The number of rotatable bonds is 4. The highest BCUT2D eigenvalue weighted by Crippen LogP contribution is 2.09. The number of nitrogens with two attached hydrogens (primary N) is 1. The lowest BCUT2D eigenvalue weighted by Crippen LogP contribution is -2.38. The summed E-state index contributed by atoms with van der Waals surface area (Å²) in [4.78, 5) is 13.6. The minimum absolute atomic E-state index is 0.00161. The molecular weight excluding hydrogens is 222 g/mol. The number of aromatic nitrogens is 2. The van der Waals surface area contributed by atoms with Crippen molar-refractivity contribution >= 4 is 11.7 Å². The van der Waals surface area contributed by atoms with Gasteiger partial charge in [-0.25, -0.2) is 0 Å². The third-order valence-electron chi connectivity index (χ3n) is 2.62. The van der Waals surface area contributed by atoms with E-state index in [9.17, 15) is 4.79 Å². The zero-order chi connectivity index (χ0) is 13.0. The minimum Gasteiger partial charge on any atom is -0.409 e. The Bertz CT molecular complexity index is 438. The Labute approximate surface area is 99.5 Å². The van der Waals surface area contributed by atoms with Gasteiger partial charge in [0.05, 0.1) is 18.3 Å². The molecule has 1 rings (SSSR count). The molecule has 17 heavy (non-hydrogen) atoms. The maximum atomic E-state index is 12.1. The molecule has 1 heterocycles. The van der Waals surface area contributed by atoms with Gasteiger partial charge < -0.3 is 15.8 Å². The Hall–Kier alpha value is -2.05. The lowest BCUT2D eigenvalue weighted by molar-refractivity contribution is 0.0785. The average molecular weight is 239 g/mol. The first-order chi connectivity index (χ1) is 8.01. The Morgan fingerprint density at radius 2 is 2.35 bits per heavy atom. The molecule has 0 aliphatic rings. The van der Waals surface area contributed by atoms with E-state index in [1.54, 1.807) is 11.7 Å². The molecule has 0 bridgehead atoms. The quantitative estimate of drug-likeness (QED) is 0.333. The summed E-state index contributed by atoms with van der Waals surface area (Å²) >= 11 is 0. The third kappa shape index (κ3) is 2.74. The molecule has 0 spiro atoms. The van der Waals surface area contributed by atoms with Gasteiger partial charge in [0, 0.05) is 19.3 Å². The van der Waals surface area contributed by atoms with Gasteiger partial charge in [0.1, 0.15) is 0 Å². The molecule has 7 heteroatoms. The fourth-order valence-electron chi connectivity index (χ4n) is 1.43. The molecule has 1 amide bonds. The Morgan fingerprint density at radius 3 is 2.76 bits per heavy atom. The molecule has 0 aliphatic carbocycles. The minimum atomic E-state index is -0.176. The van der Waals surface area contributed by atoms with E-state index in [-0.39, 0.29) is 18.3 Å². The summed E-state index contributed by atoms with van der Waals surface area (Å²) in [6.07, 6.45) is 1.52. The molecule has 1 aromatic heterocycles. The lowest BCUT2D eigenvalue weighted by atomic mass is 10.2. The Morgan fingerprint density at radius 1 is 1.71 bits per heavy atom. The maximum absolute atomic E-state index is 12.1. The molecule has 7 nitrogen and oxygen atoms in total. The number of carbonyl (C=O) groups is 1. The van der Waals surface area contributed by atoms with Crippen molar-refractivity contribution in [2.75, 3.05) is 13.1 Å². The molecule has 0 saturated carbocycles. The molecule has 0 aromatic carbocycles. The van der Waals surface area contributed by atoms with Crippen LogP contribution in [0.4, 0.5) is 0 Å². The molecule has 0 saturated heterocycles. The molecule has 0 radical (unpaired) electrons. The fourth-order valence-corrected chi connectivity index (χ4v) is 1.43. The SMILES string of the molecule is CCN(C/C(N)=N/O)C(=O)c1cnn(C)c1C. The van der Waals surface area contributed by atoms with Crippen molar-refractivity contribution in [3.63, 3.8) is 0 Å². The van der Waals surface area contributed by atoms with E-state index >= 15 is 0 Å². The predicted octanol–water partition coefficient (Wildman–Crippen LogP) is -0.0630.